The highest BCUT2D eigenvalue weighted by Crippen LogP contribution is 2.26. The maximum atomic E-state index is 12.7. The van der Waals surface area contributed by atoms with Crippen LogP contribution in [-0.4, -0.2) is 17.0 Å². The number of aromatic nitrogens is 1. The Bertz CT molecular complexity index is 851. The van der Waals surface area contributed by atoms with E-state index >= 15 is 0 Å². The highest BCUT2D eigenvalue weighted by Gasteiger charge is 2.34. The summed E-state index contributed by atoms with van der Waals surface area (Å²) in [4.78, 5) is 23.6. The average Bonchev–Trinajstić information content (AvgIpc) is 2.55. The van der Waals surface area contributed by atoms with Crippen molar-refractivity contribution in [3.05, 3.63) is 68.1 Å². The zero-order chi connectivity index (χ0) is 19.3. The molecule has 26 heavy (non-hydrogen) atoms. The van der Waals surface area contributed by atoms with Crippen LogP contribution in [0.3, 0.4) is 0 Å². The summed E-state index contributed by atoms with van der Waals surface area (Å²) in [6.45, 7) is -0.164. The van der Waals surface area contributed by atoms with E-state index in [4.69, 9.17) is 23.2 Å². The Morgan fingerprint density at radius 3 is 2.54 bits per heavy atom. The lowest BCUT2D eigenvalue weighted by atomic mass is 10.1. The van der Waals surface area contributed by atoms with Crippen molar-refractivity contribution in [2.45, 2.75) is 25.6 Å². The van der Waals surface area contributed by atoms with Gasteiger partial charge in [-0.1, -0.05) is 29.3 Å². The Morgan fingerprint density at radius 1 is 1.15 bits per heavy atom. The number of rotatable bonds is 6. The molecule has 0 unspecified atom stereocenters. The highest BCUT2D eigenvalue weighted by atomic mass is 35.5. The lowest BCUT2D eigenvalue weighted by molar-refractivity contribution is -0.139. The molecule has 4 nitrogen and oxygen atoms in total. The number of halogens is 5. The van der Waals surface area contributed by atoms with Crippen LogP contribution in [0.2, 0.25) is 10.0 Å². The van der Waals surface area contributed by atoms with Crippen molar-refractivity contribution in [2.24, 2.45) is 0 Å². The number of carbonyl (C=O) groups excluding carboxylic acids is 1. The zero-order valence-electron chi connectivity index (χ0n) is 13.4. The SMILES string of the molecule is O=C(Cn1cccc(C(F)(F)F)c1=O)NCCCc1ccc(Cl)c(Cl)c1. The number of hydrogen-bond acceptors (Lipinski definition) is 2. The second kappa shape index (κ2) is 8.60. The van der Waals surface area contributed by atoms with Crippen LogP contribution in [0.1, 0.15) is 17.5 Å². The van der Waals surface area contributed by atoms with Crippen LogP contribution in [0.25, 0.3) is 0 Å². The van der Waals surface area contributed by atoms with Crippen LogP contribution in [0.4, 0.5) is 13.2 Å². The van der Waals surface area contributed by atoms with Crippen molar-refractivity contribution >= 4 is 29.1 Å². The van der Waals surface area contributed by atoms with E-state index in [1.54, 1.807) is 12.1 Å². The number of benzene rings is 1. The minimum Gasteiger partial charge on any atom is -0.355 e. The van der Waals surface area contributed by atoms with Crippen LogP contribution in [0.15, 0.2) is 41.3 Å². The van der Waals surface area contributed by atoms with Crippen molar-refractivity contribution in [1.82, 2.24) is 9.88 Å². The number of alkyl halides is 3. The van der Waals surface area contributed by atoms with E-state index in [2.05, 4.69) is 5.32 Å². The second-order valence-electron chi connectivity index (χ2n) is 5.55. The van der Waals surface area contributed by atoms with Crippen LogP contribution < -0.4 is 10.9 Å². The average molecular weight is 407 g/mol. The van der Waals surface area contributed by atoms with Crippen molar-refractivity contribution in [2.75, 3.05) is 6.54 Å². The molecule has 1 heterocycles. The van der Waals surface area contributed by atoms with Crippen molar-refractivity contribution in [3.8, 4) is 0 Å². The lowest BCUT2D eigenvalue weighted by Gasteiger charge is -2.10. The van der Waals surface area contributed by atoms with Crippen molar-refractivity contribution < 1.29 is 18.0 Å². The standard InChI is InChI=1S/C17H15Cl2F3N2O2/c18-13-6-5-11(9-14(13)19)3-1-7-23-15(25)10-24-8-2-4-12(16(24)26)17(20,21)22/h2,4-6,8-9H,1,3,7,10H2,(H,23,25). The van der Waals surface area contributed by atoms with E-state index in [0.717, 1.165) is 22.4 Å². The molecule has 0 atom stereocenters. The van der Waals surface area contributed by atoms with Gasteiger partial charge < -0.3 is 9.88 Å². The topological polar surface area (TPSA) is 51.1 Å². The van der Waals surface area contributed by atoms with Gasteiger partial charge in [0.05, 0.1) is 10.0 Å². The van der Waals surface area contributed by atoms with Gasteiger partial charge in [0.2, 0.25) is 5.91 Å². The third-order valence-corrected chi connectivity index (χ3v) is 4.33. The fraction of sp³-hybridized carbons (Fsp3) is 0.294. The van der Waals surface area contributed by atoms with Gasteiger partial charge in [-0.25, -0.2) is 0 Å². The summed E-state index contributed by atoms with van der Waals surface area (Å²) in [6.07, 6.45) is -2.37. The second-order valence-corrected chi connectivity index (χ2v) is 6.37. The maximum Gasteiger partial charge on any atom is 0.421 e. The first-order chi connectivity index (χ1) is 12.2. The number of nitrogens with zero attached hydrogens (tertiary/aromatic N) is 1. The maximum absolute atomic E-state index is 12.7. The quantitative estimate of drug-likeness (QED) is 0.739. The molecule has 0 radical (unpaired) electrons. The van der Waals surface area contributed by atoms with E-state index in [1.807, 2.05) is 6.07 Å². The predicted molar refractivity (Wildman–Crippen MR) is 93.5 cm³/mol. The van der Waals surface area contributed by atoms with Crippen LogP contribution in [0, 0.1) is 0 Å². The molecule has 1 aromatic carbocycles. The van der Waals surface area contributed by atoms with E-state index in [9.17, 15) is 22.8 Å². The minimum absolute atomic E-state index is 0.312. The molecule has 0 aliphatic rings. The van der Waals surface area contributed by atoms with Gasteiger partial charge in [-0.2, -0.15) is 13.2 Å². The summed E-state index contributed by atoms with van der Waals surface area (Å²) < 4.78 is 38.8. The molecule has 1 amide bonds. The molecule has 140 valence electrons. The van der Waals surface area contributed by atoms with Gasteiger partial charge >= 0.3 is 6.18 Å². The van der Waals surface area contributed by atoms with E-state index in [0.29, 0.717) is 35.5 Å². The minimum atomic E-state index is -4.75. The van der Waals surface area contributed by atoms with Gasteiger partial charge in [0.15, 0.2) is 0 Å². The molecule has 0 spiro atoms. The third-order valence-electron chi connectivity index (χ3n) is 3.59. The summed E-state index contributed by atoms with van der Waals surface area (Å²) >= 11 is 11.7. The third kappa shape index (κ3) is 5.51. The molecule has 2 aromatic rings. The number of carbonyl (C=O) groups is 1. The smallest absolute Gasteiger partial charge is 0.355 e. The molecule has 0 aliphatic carbocycles. The first-order valence-corrected chi connectivity index (χ1v) is 8.41. The van der Waals surface area contributed by atoms with Crippen molar-refractivity contribution in [1.29, 1.82) is 0 Å². The highest BCUT2D eigenvalue weighted by molar-refractivity contribution is 6.42. The van der Waals surface area contributed by atoms with Gasteiger partial charge in [-0.3, -0.25) is 9.59 Å². The molecule has 2 rings (SSSR count). The summed E-state index contributed by atoms with van der Waals surface area (Å²) in [5.41, 5.74) is -1.60. The van der Waals surface area contributed by atoms with Gasteiger partial charge in [-0.05, 0) is 42.7 Å². The number of hydrogen-bond donors (Lipinski definition) is 1. The Balaban J connectivity index is 1.86. The predicted octanol–water partition coefficient (Wildman–Crippen LogP) is 3.92. The molecule has 0 bridgehead atoms. The molecule has 9 heteroatoms. The fourth-order valence-electron chi connectivity index (χ4n) is 2.30. The number of amides is 1. The summed E-state index contributed by atoms with van der Waals surface area (Å²) in [5, 5.41) is 3.47. The summed E-state index contributed by atoms with van der Waals surface area (Å²) in [7, 11) is 0. The van der Waals surface area contributed by atoms with E-state index < -0.39 is 29.8 Å². The Kier molecular flexibility index (Phi) is 6.72. The van der Waals surface area contributed by atoms with Crippen LogP contribution in [0.5, 0.6) is 0 Å². The largest absolute Gasteiger partial charge is 0.421 e. The van der Waals surface area contributed by atoms with Gasteiger partial charge in [0.25, 0.3) is 5.56 Å². The summed E-state index contributed by atoms with van der Waals surface area (Å²) in [6, 6.07) is 7.00. The molecule has 0 saturated carbocycles. The Hall–Kier alpha value is -1.99. The fourth-order valence-corrected chi connectivity index (χ4v) is 2.62. The molecule has 0 saturated heterocycles. The normalized spacial score (nSPS) is 11.4. The number of nitrogens with one attached hydrogen (secondary N) is 1. The van der Waals surface area contributed by atoms with Crippen LogP contribution in [-0.2, 0) is 23.9 Å². The monoisotopic (exact) mass is 406 g/mol. The first kappa shape index (κ1) is 20.3. The lowest BCUT2D eigenvalue weighted by Crippen LogP contribution is -2.35. The summed E-state index contributed by atoms with van der Waals surface area (Å²) in [5.74, 6) is -0.541. The molecular weight excluding hydrogens is 392 g/mol. The van der Waals surface area contributed by atoms with E-state index in [1.165, 1.54) is 0 Å². The van der Waals surface area contributed by atoms with E-state index in [-0.39, 0.29) is 0 Å². The molecular formula is C17H15Cl2F3N2O2. The van der Waals surface area contributed by atoms with Crippen molar-refractivity contribution in [3.63, 3.8) is 0 Å². The first-order valence-electron chi connectivity index (χ1n) is 7.66. The van der Waals surface area contributed by atoms with Gasteiger partial charge in [0.1, 0.15) is 12.1 Å². The van der Waals surface area contributed by atoms with Crippen LogP contribution >= 0.6 is 23.2 Å². The number of aryl methyl sites for hydroxylation is 1. The Morgan fingerprint density at radius 2 is 1.88 bits per heavy atom. The Labute approximate surface area is 157 Å². The van der Waals surface area contributed by atoms with Gasteiger partial charge in [0, 0.05) is 12.7 Å². The zero-order valence-corrected chi connectivity index (χ0v) is 15.0. The molecule has 0 fully saturated rings. The molecule has 1 aromatic heterocycles. The molecule has 0 aliphatic heterocycles. The molecule has 1 N–H and O–H groups in total. The number of pyridine rings is 1. The van der Waals surface area contributed by atoms with Gasteiger partial charge in [-0.15, -0.1) is 0 Å².